The molecule has 1 aliphatic rings. The molecular weight excluding hydrogens is 312 g/mol. The van der Waals surface area contributed by atoms with Gasteiger partial charge in [-0.15, -0.1) is 0 Å². The predicted octanol–water partition coefficient (Wildman–Crippen LogP) is 3.28. The number of hydrogen-bond donors (Lipinski definition) is 0. The fourth-order valence-electron chi connectivity index (χ4n) is 3.46. The van der Waals surface area contributed by atoms with Crippen LogP contribution in [0.15, 0.2) is 61.2 Å². The zero-order valence-electron chi connectivity index (χ0n) is 14.4. The second kappa shape index (κ2) is 7.07. The average molecular weight is 334 g/mol. The molecule has 3 aromatic rings. The summed E-state index contributed by atoms with van der Waals surface area (Å²) < 4.78 is 7.33. The maximum Gasteiger partial charge on any atom is 0.137 e. The van der Waals surface area contributed by atoms with Crippen molar-refractivity contribution in [2.75, 3.05) is 13.7 Å². The van der Waals surface area contributed by atoms with Crippen LogP contribution in [0, 0.1) is 0 Å². The van der Waals surface area contributed by atoms with Gasteiger partial charge in [-0.25, -0.2) is 9.67 Å². The summed E-state index contributed by atoms with van der Waals surface area (Å²) in [5.41, 5.74) is 3.84. The van der Waals surface area contributed by atoms with Gasteiger partial charge in [0.1, 0.15) is 18.4 Å². The van der Waals surface area contributed by atoms with E-state index in [1.54, 1.807) is 19.8 Å². The van der Waals surface area contributed by atoms with E-state index in [-0.39, 0.29) is 0 Å². The first-order chi connectivity index (χ1) is 12.3. The van der Waals surface area contributed by atoms with Crippen molar-refractivity contribution >= 4 is 0 Å². The van der Waals surface area contributed by atoms with Crippen LogP contribution in [-0.2, 0) is 13.1 Å². The molecule has 0 aliphatic carbocycles. The van der Waals surface area contributed by atoms with Crippen molar-refractivity contribution in [3.05, 3.63) is 77.9 Å². The maximum atomic E-state index is 5.51. The summed E-state index contributed by atoms with van der Waals surface area (Å²) in [6, 6.07) is 17.7. The van der Waals surface area contributed by atoms with Gasteiger partial charge < -0.3 is 4.74 Å². The van der Waals surface area contributed by atoms with Gasteiger partial charge in [-0.1, -0.05) is 36.4 Å². The monoisotopic (exact) mass is 334 g/mol. The number of nitrogens with zero attached hydrogens (tertiary/aromatic N) is 4. The molecule has 1 saturated heterocycles. The maximum absolute atomic E-state index is 5.51. The lowest BCUT2D eigenvalue weighted by Crippen LogP contribution is -2.40. The van der Waals surface area contributed by atoms with E-state index in [2.05, 4.69) is 63.5 Å². The summed E-state index contributed by atoms with van der Waals surface area (Å²) in [6.45, 7) is 2.76. The van der Waals surface area contributed by atoms with E-state index < -0.39 is 0 Å². The lowest BCUT2D eigenvalue weighted by molar-refractivity contribution is 0.0818. The number of benzene rings is 2. The van der Waals surface area contributed by atoms with Gasteiger partial charge in [0.2, 0.25) is 0 Å². The zero-order valence-corrected chi connectivity index (χ0v) is 14.4. The molecule has 1 atom stereocenters. The highest BCUT2D eigenvalue weighted by atomic mass is 16.5. The Hall–Kier alpha value is -2.66. The van der Waals surface area contributed by atoms with Crippen LogP contribution in [0.5, 0.6) is 5.75 Å². The van der Waals surface area contributed by atoms with E-state index in [9.17, 15) is 0 Å². The van der Waals surface area contributed by atoms with Crippen molar-refractivity contribution in [2.24, 2.45) is 0 Å². The standard InChI is InChI=1S/C20H22N4O/c1-25-20-8-7-16(11-18(20)13-24-15-21-14-22-24)12-23-10-9-19(23)17-5-3-2-4-6-17/h2-8,11,14-15,19H,9-10,12-13H2,1H3. The van der Waals surface area contributed by atoms with Crippen LogP contribution in [0.1, 0.15) is 29.2 Å². The quantitative estimate of drug-likeness (QED) is 0.694. The van der Waals surface area contributed by atoms with E-state index in [4.69, 9.17) is 4.74 Å². The van der Waals surface area contributed by atoms with Gasteiger partial charge in [-0.3, -0.25) is 4.90 Å². The largest absolute Gasteiger partial charge is 0.496 e. The first-order valence-corrected chi connectivity index (χ1v) is 8.60. The third-order valence-electron chi connectivity index (χ3n) is 4.84. The Bertz CT molecular complexity index is 817. The minimum absolute atomic E-state index is 0.530. The van der Waals surface area contributed by atoms with Gasteiger partial charge in [-0.05, 0) is 29.7 Å². The van der Waals surface area contributed by atoms with Gasteiger partial charge in [0, 0.05) is 24.7 Å². The topological polar surface area (TPSA) is 43.2 Å². The van der Waals surface area contributed by atoms with Crippen molar-refractivity contribution in [3.63, 3.8) is 0 Å². The molecule has 2 aromatic carbocycles. The fraction of sp³-hybridized carbons (Fsp3) is 0.300. The summed E-state index contributed by atoms with van der Waals surface area (Å²) in [5.74, 6) is 0.891. The minimum Gasteiger partial charge on any atom is -0.496 e. The zero-order chi connectivity index (χ0) is 17.1. The number of ether oxygens (including phenoxy) is 1. The Morgan fingerprint density at radius 1 is 1.12 bits per heavy atom. The van der Waals surface area contributed by atoms with Crippen LogP contribution in [-0.4, -0.2) is 33.3 Å². The van der Waals surface area contributed by atoms with E-state index in [1.165, 1.54) is 17.5 Å². The molecule has 5 nitrogen and oxygen atoms in total. The summed E-state index contributed by atoms with van der Waals surface area (Å²) in [7, 11) is 1.71. The first-order valence-electron chi connectivity index (χ1n) is 8.60. The molecule has 1 unspecified atom stereocenters. The smallest absolute Gasteiger partial charge is 0.137 e. The van der Waals surface area contributed by atoms with Gasteiger partial charge in [0.15, 0.2) is 0 Å². The first kappa shape index (κ1) is 15.8. The SMILES string of the molecule is COc1ccc(CN2CCC2c2ccccc2)cc1Cn1cncn1. The van der Waals surface area contributed by atoms with Crippen molar-refractivity contribution in [2.45, 2.75) is 25.6 Å². The third kappa shape index (κ3) is 3.42. The minimum atomic E-state index is 0.530. The molecule has 0 spiro atoms. The predicted molar refractivity (Wildman–Crippen MR) is 96.3 cm³/mol. The Balaban J connectivity index is 1.51. The van der Waals surface area contributed by atoms with Crippen molar-refractivity contribution in [3.8, 4) is 5.75 Å². The van der Waals surface area contributed by atoms with Gasteiger partial charge in [0.25, 0.3) is 0 Å². The van der Waals surface area contributed by atoms with E-state index in [0.29, 0.717) is 12.6 Å². The number of methoxy groups -OCH3 is 1. The summed E-state index contributed by atoms with van der Waals surface area (Å²) in [5, 5.41) is 4.20. The number of likely N-dealkylation sites (tertiary alicyclic amines) is 1. The molecule has 4 rings (SSSR count). The average Bonchev–Trinajstić information content (AvgIpc) is 3.13. The van der Waals surface area contributed by atoms with Crippen LogP contribution >= 0.6 is 0 Å². The Morgan fingerprint density at radius 3 is 2.68 bits per heavy atom. The molecule has 1 fully saturated rings. The second-order valence-electron chi connectivity index (χ2n) is 6.42. The molecule has 1 aliphatic heterocycles. The molecule has 2 heterocycles. The summed E-state index contributed by atoms with van der Waals surface area (Å²) >= 11 is 0. The van der Waals surface area contributed by atoms with Crippen LogP contribution in [0.4, 0.5) is 0 Å². The molecular formula is C20H22N4O. The molecule has 0 N–H and O–H groups in total. The second-order valence-corrected chi connectivity index (χ2v) is 6.42. The Morgan fingerprint density at radius 2 is 2.00 bits per heavy atom. The van der Waals surface area contributed by atoms with Crippen LogP contribution < -0.4 is 4.74 Å². The summed E-state index contributed by atoms with van der Waals surface area (Å²) in [6.07, 6.45) is 4.51. The molecule has 0 amide bonds. The fourth-order valence-corrected chi connectivity index (χ4v) is 3.46. The lowest BCUT2D eigenvalue weighted by Gasteiger charge is -2.41. The molecule has 128 valence electrons. The normalized spacial score (nSPS) is 17.2. The molecule has 0 radical (unpaired) electrons. The summed E-state index contributed by atoms with van der Waals surface area (Å²) in [4.78, 5) is 6.54. The van der Waals surface area contributed by atoms with Crippen molar-refractivity contribution in [1.82, 2.24) is 19.7 Å². The molecule has 25 heavy (non-hydrogen) atoms. The molecule has 5 heteroatoms. The lowest BCUT2D eigenvalue weighted by atomic mass is 9.94. The Kier molecular flexibility index (Phi) is 4.48. The van der Waals surface area contributed by atoms with Gasteiger partial charge >= 0.3 is 0 Å². The highest BCUT2D eigenvalue weighted by Gasteiger charge is 2.29. The van der Waals surface area contributed by atoms with E-state index >= 15 is 0 Å². The van der Waals surface area contributed by atoms with E-state index in [0.717, 1.165) is 24.4 Å². The molecule has 0 bridgehead atoms. The number of hydrogen-bond acceptors (Lipinski definition) is 4. The number of rotatable bonds is 6. The van der Waals surface area contributed by atoms with Crippen LogP contribution in [0.25, 0.3) is 0 Å². The molecule has 0 saturated carbocycles. The highest BCUT2D eigenvalue weighted by Crippen LogP contribution is 2.34. The highest BCUT2D eigenvalue weighted by molar-refractivity contribution is 5.37. The van der Waals surface area contributed by atoms with Crippen LogP contribution in [0.3, 0.4) is 0 Å². The Labute approximate surface area is 147 Å². The third-order valence-corrected chi connectivity index (χ3v) is 4.84. The number of aromatic nitrogens is 3. The van der Waals surface area contributed by atoms with Crippen LogP contribution in [0.2, 0.25) is 0 Å². The van der Waals surface area contributed by atoms with Crippen molar-refractivity contribution < 1.29 is 4.74 Å². The van der Waals surface area contributed by atoms with Gasteiger partial charge in [0.05, 0.1) is 13.7 Å². The van der Waals surface area contributed by atoms with Gasteiger partial charge in [-0.2, -0.15) is 5.10 Å². The van der Waals surface area contributed by atoms with Crippen molar-refractivity contribution in [1.29, 1.82) is 0 Å². The molecule has 1 aromatic heterocycles. The van der Waals surface area contributed by atoms with E-state index in [1.807, 2.05) is 4.68 Å².